The largest absolute Gasteiger partial charge is 0.494 e. The normalized spacial score (nSPS) is 15.9. The smallest absolute Gasteiger partial charge is 0.331 e. The second kappa shape index (κ2) is 7.79. The van der Waals surface area contributed by atoms with Gasteiger partial charge in [-0.25, -0.2) is 9.18 Å². The fraction of sp³-hybridized carbons (Fsp3) is 0.389. The maximum Gasteiger partial charge on any atom is 0.331 e. The summed E-state index contributed by atoms with van der Waals surface area (Å²) in [5.41, 5.74) is -0.481. The summed E-state index contributed by atoms with van der Waals surface area (Å²) in [6.45, 7) is 1.17. The molecule has 0 bridgehead atoms. The van der Waals surface area contributed by atoms with Gasteiger partial charge in [0, 0.05) is 6.08 Å². The molecule has 1 fully saturated rings. The highest BCUT2D eigenvalue weighted by atomic mass is 19.1. The Hall–Kier alpha value is -2.88. The Kier molecular flexibility index (Phi) is 5.75. The summed E-state index contributed by atoms with van der Waals surface area (Å²) in [5, 5.41) is 11.8. The monoisotopic (exact) mass is 346 g/mol. The highest BCUT2D eigenvalue weighted by molar-refractivity contribution is 5.89. The Bertz CT molecular complexity index is 737. The minimum atomic E-state index is -0.931. The lowest BCUT2D eigenvalue weighted by Gasteiger charge is -2.22. The Labute approximate surface area is 145 Å². The number of amides is 1. The zero-order valence-corrected chi connectivity index (χ0v) is 14.0. The van der Waals surface area contributed by atoms with Gasteiger partial charge < -0.3 is 14.8 Å². The molecular formula is C18H19FN2O4. The number of ether oxygens (including phenoxy) is 2. The van der Waals surface area contributed by atoms with E-state index < -0.39 is 29.8 Å². The maximum absolute atomic E-state index is 13.5. The topological polar surface area (TPSA) is 88.4 Å². The first-order valence-electron chi connectivity index (χ1n) is 7.78. The Balaban J connectivity index is 1.83. The molecule has 1 amide bonds. The van der Waals surface area contributed by atoms with E-state index in [4.69, 9.17) is 14.7 Å². The van der Waals surface area contributed by atoms with E-state index in [1.165, 1.54) is 25.3 Å². The summed E-state index contributed by atoms with van der Waals surface area (Å²) in [7, 11) is 1.36. The third-order valence-corrected chi connectivity index (χ3v) is 3.96. The van der Waals surface area contributed by atoms with Crippen molar-refractivity contribution in [3.05, 3.63) is 35.7 Å². The molecule has 0 heterocycles. The van der Waals surface area contributed by atoms with E-state index >= 15 is 0 Å². The van der Waals surface area contributed by atoms with Crippen molar-refractivity contribution in [3.8, 4) is 11.8 Å². The van der Waals surface area contributed by atoms with Gasteiger partial charge in [0.25, 0.3) is 5.91 Å². The molecule has 1 saturated carbocycles. The number of benzene rings is 1. The third-order valence-electron chi connectivity index (χ3n) is 3.96. The molecule has 0 aromatic heterocycles. The van der Waals surface area contributed by atoms with Crippen LogP contribution in [-0.2, 0) is 14.3 Å². The number of carbonyl (C=O) groups excluding carboxylic acids is 2. The van der Waals surface area contributed by atoms with Gasteiger partial charge >= 0.3 is 5.97 Å². The first kappa shape index (κ1) is 18.5. The number of nitrogens with zero attached hydrogens (tertiary/aromatic N) is 1. The van der Waals surface area contributed by atoms with Gasteiger partial charge in [-0.15, -0.1) is 0 Å². The minimum Gasteiger partial charge on any atom is -0.494 e. The van der Waals surface area contributed by atoms with Crippen LogP contribution in [0.1, 0.15) is 25.3 Å². The molecule has 132 valence electrons. The zero-order valence-electron chi connectivity index (χ0n) is 14.0. The second-order valence-corrected chi connectivity index (χ2v) is 5.97. The number of nitrogens with one attached hydrogen (secondary N) is 1. The molecule has 1 N–H and O–H groups in total. The average Bonchev–Trinajstić information content (AvgIpc) is 3.43. The maximum atomic E-state index is 13.5. The fourth-order valence-electron chi connectivity index (χ4n) is 2.34. The van der Waals surface area contributed by atoms with Crippen molar-refractivity contribution in [2.24, 2.45) is 5.92 Å². The van der Waals surface area contributed by atoms with Crippen molar-refractivity contribution >= 4 is 18.0 Å². The second-order valence-electron chi connectivity index (χ2n) is 5.97. The predicted octanol–water partition coefficient (Wildman–Crippen LogP) is 2.20. The molecule has 25 heavy (non-hydrogen) atoms. The van der Waals surface area contributed by atoms with Crippen molar-refractivity contribution < 1.29 is 23.5 Å². The predicted molar refractivity (Wildman–Crippen MR) is 87.8 cm³/mol. The van der Waals surface area contributed by atoms with Crippen LogP contribution in [0.4, 0.5) is 4.39 Å². The van der Waals surface area contributed by atoms with Gasteiger partial charge in [0.05, 0.1) is 13.2 Å². The lowest BCUT2D eigenvalue weighted by molar-refractivity contribution is -0.144. The van der Waals surface area contributed by atoms with Gasteiger partial charge in [0.1, 0.15) is 5.54 Å². The molecule has 1 aromatic rings. The van der Waals surface area contributed by atoms with Gasteiger partial charge in [0.2, 0.25) is 0 Å². The van der Waals surface area contributed by atoms with E-state index in [-0.39, 0.29) is 11.7 Å². The van der Waals surface area contributed by atoms with Crippen molar-refractivity contribution in [3.63, 3.8) is 0 Å². The molecule has 1 aliphatic carbocycles. The summed E-state index contributed by atoms with van der Waals surface area (Å²) in [6.07, 6.45) is 4.25. The lowest BCUT2D eigenvalue weighted by atomic mass is 9.98. The number of rotatable bonds is 7. The van der Waals surface area contributed by atoms with E-state index in [9.17, 15) is 14.0 Å². The lowest BCUT2D eigenvalue weighted by Crippen LogP contribution is -2.48. The highest BCUT2D eigenvalue weighted by Crippen LogP contribution is 2.39. The van der Waals surface area contributed by atoms with E-state index in [1.54, 1.807) is 13.0 Å². The van der Waals surface area contributed by atoms with Gasteiger partial charge in [-0.3, -0.25) is 4.79 Å². The van der Waals surface area contributed by atoms with Gasteiger partial charge in [-0.05, 0) is 49.5 Å². The third kappa shape index (κ3) is 5.05. The number of halogens is 1. The van der Waals surface area contributed by atoms with Gasteiger partial charge in [-0.2, -0.15) is 5.26 Å². The van der Waals surface area contributed by atoms with Gasteiger partial charge in [0.15, 0.2) is 18.2 Å². The molecule has 7 heteroatoms. The highest BCUT2D eigenvalue weighted by Gasteiger charge is 2.43. The Morgan fingerprint density at radius 1 is 1.48 bits per heavy atom. The Morgan fingerprint density at radius 2 is 2.20 bits per heavy atom. The van der Waals surface area contributed by atoms with E-state index in [0.29, 0.717) is 5.56 Å². The summed E-state index contributed by atoms with van der Waals surface area (Å²) >= 11 is 0. The molecule has 0 unspecified atom stereocenters. The van der Waals surface area contributed by atoms with Crippen molar-refractivity contribution in [2.45, 2.75) is 25.3 Å². The molecule has 1 aromatic carbocycles. The van der Waals surface area contributed by atoms with Crippen LogP contribution in [0.5, 0.6) is 5.75 Å². The molecule has 2 rings (SSSR count). The molecule has 0 spiro atoms. The van der Waals surface area contributed by atoms with E-state index in [1.807, 2.05) is 0 Å². The number of esters is 1. The van der Waals surface area contributed by atoms with Crippen LogP contribution in [0.15, 0.2) is 24.3 Å². The molecule has 1 aliphatic rings. The molecule has 0 saturated heterocycles. The van der Waals surface area contributed by atoms with Crippen LogP contribution < -0.4 is 10.1 Å². The molecule has 0 radical (unpaired) electrons. The molecule has 0 aliphatic heterocycles. The van der Waals surface area contributed by atoms with Crippen LogP contribution in [0, 0.1) is 23.1 Å². The van der Waals surface area contributed by atoms with Crippen molar-refractivity contribution in [2.75, 3.05) is 13.7 Å². The van der Waals surface area contributed by atoms with Crippen LogP contribution in [0.3, 0.4) is 0 Å². The van der Waals surface area contributed by atoms with Crippen LogP contribution >= 0.6 is 0 Å². The zero-order chi connectivity index (χ0) is 18.4. The molecule has 1 atom stereocenters. The minimum absolute atomic E-state index is 0.104. The van der Waals surface area contributed by atoms with Crippen molar-refractivity contribution in [1.29, 1.82) is 5.26 Å². The van der Waals surface area contributed by atoms with Crippen LogP contribution in [0.25, 0.3) is 6.08 Å². The number of hydrogen-bond donors (Lipinski definition) is 1. The summed E-state index contributed by atoms with van der Waals surface area (Å²) in [5.74, 6) is -1.58. The fourth-order valence-corrected chi connectivity index (χ4v) is 2.34. The number of carbonyl (C=O) groups is 2. The van der Waals surface area contributed by atoms with Crippen LogP contribution in [0.2, 0.25) is 0 Å². The number of methoxy groups -OCH3 is 1. The number of hydrogen-bond acceptors (Lipinski definition) is 5. The van der Waals surface area contributed by atoms with E-state index in [0.717, 1.165) is 18.9 Å². The average molecular weight is 346 g/mol. The van der Waals surface area contributed by atoms with Crippen LogP contribution in [-0.4, -0.2) is 31.1 Å². The molecular weight excluding hydrogens is 327 g/mol. The summed E-state index contributed by atoms with van der Waals surface area (Å²) in [6, 6.07) is 6.31. The van der Waals surface area contributed by atoms with Gasteiger partial charge in [-0.1, -0.05) is 6.07 Å². The first-order chi connectivity index (χ1) is 11.9. The quantitative estimate of drug-likeness (QED) is 0.604. The molecule has 6 nitrogen and oxygen atoms in total. The Morgan fingerprint density at radius 3 is 2.76 bits per heavy atom. The first-order valence-corrected chi connectivity index (χ1v) is 7.78. The van der Waals surface area contributed by atoms with E-state index in [2.05, 4.69) is 11.4 Å². The number of nitriles is 1. The summed E-state index contributed by atoms with van der Waals surface area (Å²) in [4.78, 5) is 23.5. The SMILES string of the molecule is COc1ccc(/C=C/C(=O)OCC(=O)N[C@@](C)(C#N)C2CC2)cc1F. The van der Waals surface area contributed by atoms with Crippen molar-refractivity contribution in [1.82, 2.24) is 5.32 Å². The standard InChI is InChI=1S/C18H19FN2O4/c1-18(11-20,13-5-6-13)21-16(22)10-25-17(23)8-4-12-3-7-15(24-2)14(19)9-12/h3-4,7-9,13H,5-6,10H2,1-2H3,(H,21,22)/b8-4+/t18-/m0/s1. The summed E-state index contributed by atoms with van der Waals surface area (Å²) < 4.78 is 23.2.